The highest BCUT2D eigenvalue weighted by atomic mass is 16.2. The lowest BCUT2D eigenvalue weighted by molar-refractivity contribution is -0.138. The monoisotopic (exact) mass is 376 g/mol. The molecule has 2 amide bonds. The molecule has 0 saturated heterocycles. The molecule has 1 aromatic rings. The fourth-order valence-corrected chi connectivity index (χ4v) is 2.35. The van der Waals surface area contributed by atoms with E-state index in [0.29, 0.717) is 6.42 Å². The van der Waals surface area contributed by atoms with Crippen molar-refractivity contribution >= 4 is 23.4 Å². The molecule has 27 heavy (non-hydrogen) atoms. The first-order valence-corrected chi connectivity index (χ1v) is 9.44. The fourth-order valence-electron chi connectivity index (χ4n) is 2.35. The van der Waals surface area contributed by atoms with E-state index in [9.17, 15) is 19.2 Å². The summed E-state index contributed by atoms with van der Waals surface area (Å²) < 4.78 is 0. The minimum atomic E-state index is -0.649. The zero-order valence-electron chi connectivity index (χ0n) is 16.8. The highest BCUT2D eigenvalue weighted by molar-refractivity contribution is 6.36. The number of carbonyl (C=O) groups is 4. The number of rotatable bonds is 10. The van der Waals surface area contributed by atoms with Crippen LogP contribution in [-0.4, -0.2) is 37.0 Å². The molecule has 1 aromatic carbocycles. The van der Waals surface area contributed by atoms with Crippen LogP contribution in [0.5, 0.6) is 0 Å². The lowest BCUT2D eigenvalue weighted by atomic mass is 9.94. The maximum absolute atomic E-state index is 11.6. The van der Waals surface area contributed by atoms with E-state index in [1.807, 2.05) is 37.3 Å². The third-order valence-corrected chi connectivity index (χ3v) is 3.85. The summed E-state index contributed by atoms with van der Waals surface area (Å²) in [5.74, 6) is -1.13. The van der Waals surface area contributed by atoms with Gasteiger partial charge in [0.25, 0.3) is 5.91 Å². The van der Waals surface area contributed by atoms with Gasteiger partial charge in [0.1, 0.15) is 5.78 Å². The molecule has 6 nitrogen and oxygen atoms in total. The van der Waals surface area contributed by atoms with Crippen molar-refractivity contribution in [2.75, 3.05) is 13.6 Å². The summed E-state index contributed by atoms with van der Waals surface area (Å²) in [5.41, 5.74) is 1.11. The van der Waals surface area contributed by atoms with Gasteiger partial charge in [0.05, 0.1) is 12.5 Å². The average Bonchev–Trinajstić information content (AvgIpc) is 2.68. The van der Waals surface area contributed by atoms with Crippen LogP contribution in [0.25, 0.3) is 0 Å². The van der Waals surface area contributed by atoms with Crippen LogP contribution in [0.3, 0.4) is 0 Å². The Morgan fingerprint density at radius 2 is 1.63 bits per heavy atom. The van der Waals surface area contributed by atoms with Crippen molar-refractivity contribution in [1.29, 1.82) is 0 Å². The molecule has 0 bridgehead atoms. The molecule has 1 atom stereocenters. The van der Waals surface area contributed by atoms with Gasteiger partial charge in [0.2, 0.25) is 11.7 Å². The Morgan fingerprint density at radius 3 is 2.11 bits per heavy atom. The first-order chi connectivity index (χ1) is 12.9. The Kier molecular flexibility index (Phi) is 13.3. The van der Waals surface area contributed by atoms with Gasteiger partial charge in [-0.2, -0.15) is 0 Å². The summed E-state index contributed by atoms with van der Waals surface area (Å²) in [7, 11) is 1.69. The lowest BCUT2D eigenvalue weighted by Crippen LogP contribution is -2.34. The molecule has 0 aliphatic rings. The van der Waals surface area contributed by atoms with Crippen LogP contribution in [0.1, 0.15) is 64.4 Å². The van der Waals surface area contributed by atoms with Gasteiger partial charge >= 0.3 is 0 Å². The van der Waals surface area contributed by atoms with E-state index < -0.39 is 11.7 Å². The van der Waals surface area contributed by atoms with Gasteiger partial charge in [-0.25, -0.2) is 0 Å². The van der Waals surface area contributed by atoms with Crippen molar-refractivity contribution in [3.05, 3.63) is 35.9 Å². The molecule has 0 spiro atoms. The van der Waals surface area contributed by atoms with Crippen molar-refractivity contribution < 1.29 is 19.2 Å². The number of hydrogen-bond donors (Lipinski definition) is 2. The Bertz CT molecular complexity index is 599. The van der Waals surface area contributed by atoms with Crippen molar-refractivity contribution in [1.82, 2.24) is 10.6 Å². The minimum absolute atomic E-state index is 0.00574. The highest BCUT2D eigenvalue weighted by Gasteiger charge is 2.17. The molecular formula is C21H32N2O4. The molecule has 0 aliphatic carbocycles. The number of benzene rings is 1. The number of likely N-dealkylation sites (N-methyl/N-ethyl adjacent to an activating group) is 1. The van der Waals surface area contributed by atoms with Gasteiger partial charge in [0, 0.05) is 13.5 Å². The van der Waals surface area contributed by atoms with E-state index in [1.54, 1.807) is 7.05 Å². The van der Waals surface area contributed by atoms with E-state index in [1.165, 1.54) is 6.92 Å². The number of ketones is 2. The smallest absolute Gasteiger partial charge is 0.287 e. The zero-order chi connectivity index (χ0) is 20.7. The summed E-state index contributed by atoms with van der Waals surface area (Å²) in [6, 6.07) is 9.93. The largest absolute Gasteiger partial charge is 0.359 e. The molecule has 0 aromatic heterocycles. The van der Waals surface area contributed by atoms with E-state index >= 15 is 0 Å². The first-order valence-electron chi connectivity index (χ1n) is 9.44. The fraction of sp³-hybridized carbons (Fsp3) is 0.524. The number of Topliss-reactive ketones (excluding diaryl/α,β-unsaturated/α-hetero) is 2. The standard InChI is InChI=1S/C12H17NO.C9H15NO3/c1-3-7-11(12(14)13-2)10-8-5-4-6-9-10;1-3-4-5-8(12)9(13)10-6-7(2)11/h4-6,8-9,11H,3,7H2,1-2H3,(H,13,14);3-6H2,1-2H3,(H,10,13). The van der Waals surface area contributed by atoms with Crippen LogP contribution in [0.2, 0.25) is 0 Å². The third-order valence-electron chi connectivity index (χ3n) is 3.85. The summed E-state index contributed by atoms with van der Waals surface area (Å²) in [4.78, 5) is 44.0. The van der Waals surface area contributed by atoms with Crippen molar-refractivity contribution in [2.24, 2.45) is 0 Å². The Hall–Kier alpha value is -2.50. The van der Waals surface area contributed by atoms with Crippen LogP contribution in [0.15, 0.2) is 30.3 Å². The van der Waals surface area contributed by atoms with E-state index in [-0.39, 0.29) is 30.6 Å². The third kappa shape index (κ3) is 10.9. The normalized spacial score (nSPS) is 10.8. The lowest BCUT2D eigenvalue weighted by Gasteiger charge is -2.14. The number of carbonyl (C=O) groups excluding carboxylic acids is 4. The maximum Gasteiger partial charge on any atom is 0.287 e. The average molecular weight is 376 g/mol. The molecule has 1 rings (SSSR count). The molecule has 0 aliphatic heterocycles. The molecule has 1 unspecified atom stereocenters. The van der Waals surface area contributed by atoms with Crippen molar-refractivity contribution in [3.63, 3.8) is 0 Å². The highest BCUT2D eigenvalue weighted by Crippen LogP contribution is 2.20. The first kappa shape index (κ1) is 24.5. The topological polar surface area (TPSA) is 92.3 Å². The quantitative estimate of drug-likeness (QED) is 0.614. The number of nitrogens with one attached hydrogen (secondary N) is 2. The van der Waals surface area contributed by atoms with Gasteiger partial charge in [0.15, 0.2) is 0 Å². The number of amides is 2. The maximum atomic E-state index is 11.6. The molecule has 2 N–H and O–H groups in total. The van der Waals surface area contributed by atoms with Gasteiger partial charge < -0.3 is 10.6 Å². The second kappa shape index (κ2) is 14.6. The Balaban J connectivity index is 0.000000503. The minimum Gasteiger partial charge on any atom is -0.359 e. The molecule has 0 heterocycles. The van der Waals surface area contributed by atoms with Crippen LogP contribution >= 0.6 is 0 Å². The van der Waals surface area contributed by atoms with E-state index in [4.69, 9.17) is 0 Å². The SMILES string of the molecule is CCCC(C(=O)NC)c1ccccc1.CCCCC(=O)C(=O)NCC(C)=O. The van der Waals surface area contributed by atoms with Gasteiger partial charge in [-0.05, 0) is 25.3 Å². The van der Waals surface area contributed by atoms with Crippen molar-refractivity contribution in [3.8, 4) is 0 Å². The molecular weight excluding hydrogens is 344 g/mol. The van der Waals surface area contributed by atoms with Gasteiger partial charge in [-0.1, -0.05) is 57.0 Å². The summed E-state index contributed by atoms with van der Waals surface area (Å²) >= 11 is 0. The zero-order valence-corrected chi connectivity index (χ0v) is 16.8. The molecule has 0 fully saturated rings. The summed E-state index contributed by atoms with van der Waals surface area (Å²) in [6.45, 7) is 5.34. The van der Waals surface area contributed by atoms with Crippen molar-refractivity contribution in [2.45, 2.75) is 58.8 Å². The van der Waals surface area contributed by atoms with Gasteiger partial charge in [-0.3, -0.25) is 19.2 Å². The summed E-state index contributed by atoms with van der Waals surface area (Å²) in [5, 5.41) is 4.96. The number of unbranched alkanes of at least 4 members (excludes halogenated alkanes) is 1. The van der Waals surface area contributed by atoms with Gasteiger partial charge in [-0.15, -0.1) is 0 Å². The Morgan fingerprint density at radius 1 is 1.00 bits per heavy atom. The predicted molar refractivity (Wildman–Crippen MR) is 106 cm³/mol. The Labute approximate surface area is 162 Å². The van der Waals surface area contributed by atoms with Crippen LogP contribution < -0.4 is 10.6 Å². The second-order valence-electron chi connectivity index (χ2n) is 6.28. The predicted octanol–water partition coefficient (Wildman–Crippen LogP) is 2.77. The van der Waals surface area contributed by atoms with E-state index in [0.717, 1.165) is 24.8 Å². The van der Waals surface area contributed by atoms with Crippen LogP contribution in [0.4, 0.5) is 0 Å². The molecule has 150 valence electrons. The molecule has 0 saturated carbocycles. The second-order valence-corrected chi connectivity index (χ2v) is 6.28. The molecule has 0 radical (unpaired) electrons. The number of hydrogen-bond acceptors (Lipinski definition) is 4. The molecule has 6 heteroatoms. The van der Waals surface area contributed by atoms with E-state index in [2.05, 4.69) is 17.6 Å². The van der Waals surface area contributed by atoms with Crippen LogP contribution in [-0.2, 0) is 19.2 Å². The summed E-state index contributed by atoms with van der Waals surface area (Å²) in [6.07, 6.45) is 3.79. The van der Waals surface area contributed by atoms with Crippen LogP contribution in [0, 0.1) is 0 Å².